The van der Waals surface area contributed by atoms with Crippen molar-refractivity contribution in [2.75, 3.05) is 37.8 Å². The Bertz CT molecular complexity index is 1140. The largest absolute Gasteiger partial charge is 0.463 e. The zero-order valence-electron chi connectivity index (χ0n) is 21.9. The van der Waals surface area contributed by atoms with Gasteiger partial charge >= 0.3 is 12.1 Å². The van der Waals surface area contributed by atoms with Crippen LogP contribution in [0.1, 0.15) is 59.3 Å². The van der Waals surface area contributed by atoms with Gasteiger partial charge in [-0.25, -0.2) is 19.2 Å². The predicted octanol–water partition coefficient (Wildman–Crippen LogP) is 5.28. The van der Waals surface area contributed by atoms with Crippen molar-refractivity contribution in [3.63, 3.8) is 0 Å². The van der Waals surface area contributed by atoms with E-state index >= 15 is 4.39 Å². The molecule has 2 fully saturated rings. The molecule has 9 nitrogen and oxygen atoms in total. The third kappa shape index (κ3) is 6.98. The number of amides is 1. The van der Waals surface area contributed by atoms with Crippen LogP contribution < -0.4 is 15.1 Å². The second kappa shape index (κ2) is 11.8. The summed E-state index contributed by atoms with van der Waals surface area (Å²) in [7, 11) is 0. The number of hydrogen-bond donors (Lipinski definition) is 1. The minimum atomic E-state index is -0.753. The molecule has 1 N–H and O–H groups in total. The van der Waals surface area contributed by atoms with E-state index in [1.807, 2.05) is 20.8 Å². The highest BCUT2D eigenvalue weighted by Crippen LogP contribution is 2.32. The molecule has 0 bridgehead atoms. The number of anilines is 1. The van der Waals surface area contributed by atoms with Gasteiger partial charge in [0.15, 0.2) is 16.8 Å². The molecule has 2 aromatic heterocycles. The second-order valence-electron chi connectivity index (χ2n) is 10.7. The van der Waals surface area contributed by atoms with E-state index in [-0.39, 0.29) is 22.6 Å². The number of aromatic nitrogens is 3. The summed E-state index contributed by atoms with van der Waals surface area (Å²) in [5.74, 6) is -0.168. The van der Waals surface area contributed by atoms with Crippen LogP contribution in [0.15, 0.2) is 18.3 Å². The van der Waals surface area contributed by atoms with Crippen LogP contribution in [0.2, 0.25) is 5.15 Å². The van der Waals surface area contributed by atoms with Crippen LogP contribution in [0.5, 0.6) is 6.01 Å². The minimum absolute atomic E-state index is 0.000313. The van der Waals surface area contributed by atoms with E-state index in [0.29, 0.717) is 30.9 Å². The number of carbonyl (C=O) groups excluding carboxylic acids is 1. The van der Waals surface area contributed by atoms with E-state index < -0.39 is 17.5 Å². The zero-order valence-corrected chi connectivity index (χ0v) is 22.6. The van der Waals surface area contributed by atoms with Gasteiger partial charge in [-0.15, -0.1) is 0 Å². The monoisotopic (exact) mass is 534 g/mol. The zero-order chi connectivity index (χ0) is 26.6. The first kappa shape index (κ1) is 27.3. The van der Waals surface area contributed by atoms with Gasteiger partial charge in [-0.05, 0) is 71.8 Å². The highest BCUT2D eigenvalue weighted by atomic mass is 35.5. The normalized spacial score (nSPS) is 19.8. The summed E-state index contributed by atoms with van der Waals surface area (Å²) in [6.45, 7) is 12.6. The number of rotatable bonds is 4. The molecule has 1 unspecified atom stereocenters. The molecule has 4 heterocycles. The maximum atomic E-state index is 15.1. The molecule has 202 valence electrons. The lowest BCUT2D eigenvalue weighted by Gasteiger charge is -2.35. The Morgan fingerprint density at radius 3 is 2.81 bits per heavy atom. The van der Waals surface area contributed by atoms with E-state index in [0.717, 1.165) is 57.2 Å². The summed E-state index contributed by atoms with van der Waals surface area (Å²) >= 11 is 6.00. The van der Waals surface area contributed by atoms with Crippen molar-refractivity contribution in [2.45, 2.75) is 64.9 Å². The van der Waals surface area contributed by atoms with Crippen LogP contribution in [-0.4, -0.2) is 64.4 Å². The maximum Gasteiger partial charge on any atom is 0.429 e. The van der Waals surface area contributed by atoms with Crippen molar-refractivity contribution in [3.8, 4) is 6.01 Å². The van der Waals surface area contributed by atoms with Crippen LogP contribution in [0.4, 0.5) is 15.0 Å². The lowest BCUT2D eigenvalue weighted by molar-refractivity contribution is 0.0232. The predicted molar refractivity (Wildman–Crippen MR) is 141 cm³/mol. The number of halogens is 2. The van der Waals surface area contributed by atoms with Crippen molar-refractivity contribution in [1.29, 1.82) is 0 Å². The number of pyridine rings is 1. The smallest absolute Gasteiger partial charge is 0.429 e. The number of nitrogens with one attached hydrogen (secondary N) is 1. The average Bonchev–Trinajstić information content (AvgIpc) is 3.08. The molecule has 1 atom stereocenters. The van der Waals surface area contributed by atoms with Crippen LogP contribution in [0.25, 0.3) is 10.9 Å². The van der Waals surface area contributed by atoms with E-state index in [1.165, 1.54) is 11.2 Å². The maximum absolute atomic E-state index is 15.1. The van der Waals surface area contributed by atoms with Gasteiger partial charge in [0, 0.05) is 25.8 Å². The summed E-state index contributed by atoms with van der Waals surface area (Å²) in [5.41, 5.74) is 0.449. The Kier molecular flexibility index (Phi) is 8.69. The van der Waals surface area contributed by atoms with Crippen molar-refractivity contribution >= 4 is 34.4 Å². The summed E-state index contributed by atoms with van der Waals surface area (Å²) in [4.78, 5) is 26.2. The van der Waals surface area contributed by atoms with Gasteiger partial charge in [0.1, 0.15) is 11.1 Å². The standard InChI is InChI=1S/C26H36ClFN6O3/c1-17-13-18(9-8-10-29-14-17)16-36-24-31-21-19(15-30-22(27)20(21)28)23(32-24)33-11-6-5-7-12-34(33)25(35)37-26(2,3)4/h15,18,29H,1,5-14,16H2,2-4H3. The quantitative estimate of drug-likeness (QED) is 0.418. The fourth-order valence-corrected chi connectivity index (χ4v) is 4.76. The molecular formula is C26H36ClFN6O3. The van der Waals surface area contributed by atoms with E-state index in [1.54, 1.807) is 5.01 Å². The highest BCUT2D eigenvalue weighted by molar-refractivity contribution is 6.30. The molecule has 1 amide bonds. The molecule has 37 heavy (non-hydrogen) atoms. The first-order chi connectivity index (χ1) is 17.6. The fraction of sp³-hybridized carbons (Fsp3) is 0.615. The van der Waals surface area contributed by atoms with Crippen LogP contribution >= 0.6 is 11.6 Å². The van der Waals surface area contributed by atoms with Gasteiger partial charge in [0.25, 0.3) is 0 Å². The first-order valence-corrected chi connectivity index (χ1v) is 13.3. The van der Waals surface area contributed by atoms with Crippen molar-refractivity contribution in [3.05, 3.63) is 29.3 Å². The third-order valence-corrected chi connectivity index (χ3v) is 6.61. The summed E-state index contributed by atoms with van der Waals surface area (Å²) in [6, 6.07) is 0.0304. The Morgan fingerprint density at radius 1 is 1.24 bits per heavy atom. The second-order valence-corrected chi connectivity index (χ2v) is 11.1. The van der Waals surface area contributed by atoms with E-state index in [4.69, 9.17) is 21.1 Å². The minimum Gasteiger partial charge on any atom is -0.463 e. The number of hydrazine groups is 1. The first-order valence-electron chi connectivity index (χ1n) is 12.9. The molecule has 2 saturated heterocycles. The van der Waals surface area contributed by atoms with Crippen LogP contribution in [-0.2, 0) is 4.74 Å². The molecule has 0 aliphatic carbocycles. The molecule has 0 spiro atoms. The molecule has 2 aromatic rings. The van der Waals surface area contributed by atoms with Gasteiger partial charge in [0.2, 0.25) is 0 Å². The Morgan fingerprint density at radius 2 is 2.03 bits per heavy atom. The molecular weight excluding hydrogens is 499 g/mol. The Hall–Kier alpha value is -2.72. The SMILES string of the molecule is C=C1CNCCCC(COc2nc(N3CCCCCN3C(=O)OC(C)(C)C)c3cnc(Cl)c(F)c3n2)C1. The van der Waals surface area contributed by atoms with Gasteiger partial charge in [-0.3, -0.25) is 5.01 Å². The van der Waals surface area contributed by atoms with Crippen molar-refractivity contribution in [2.24, 2.45) is 5.92 Å². The average molecular weight is 535 g/mol. The van der Waals surface area contributed by atoms with Gasteiger partial charge < -0.3 is 14.8 Å². The van der Waals surface area contributed by atoms with Crippen molar-refractivity contribution < 1.29 is 18.7 Å². The van der Waals surface area contributed by atoms with Crippen LogP contribution in [0, 0.1) is 11.7 Å². The Labute approximate surface area is 222 Å². The molecule has 0 aromatic carbocycles. The molecule has 2 aliphatic heterocycles. The van der Waals surface area contributed by atoms with Gasteiger partial charge in [-0.2, -0.15) is 9.97 Å². The highest BCUT2D eigenvalue weighted by Gasteiger charge is 2.31. The summed E-state index contributed by atoms with van der Waals surface area (Å²) in [5, 5.41) is 6.69. The molecule has 2 aliphatic rings. The lowest BCUT2D eigenvalue weighted by Crippen LogP contribution is -2.49. The van der Waals surface area contributed by atoms with E-state index in [9.17, 15) is 4.79 Å². The van der Waals surface area contributed by atoms with Gasteiger partial charge in [-0.1, -0.05) is 23.8 Å². The summed E-state index contributed by atoms with van der Waals surface area (Å²) < 4.78 is 26.9. The lowest BCUT2D eigenvalue weighted by atomic mass is 9.94. The number of fused-ring (bicyclic) bond motifs is 1. The number of hydrogen-bond acceptors (Lipinski definition) is 8. The molecule has 4 rings (SSSR count). The molecule has 0 saturated carbocycles. The fourth-order valence-electron chi connectivity index (χ4n) is 4.62. The number of carbonyl (C=O) groups is 1. The topological polar surface area (TPSA) is 92.7 Å². The third-order valence-electron chi connectivity index (χ3n) is 6.35. The summed E-state index contributed by atoms with van der Waals surface area (Å²) in [6.07, 6.45) is 6.33. The van der Waals surface area contributed by atoms with E-state index in [2.05, 4.69) is 26.8 Å². The molecule has 0 radical (unpaired) electrons. The number of nitrogens with zero attached hydrogens (tertiary/aromatic N) is 5. The van der Waals surface area contributed by atoms with Crippen molar-refractivity contribution in [1.82, 2.24) is 25.3 Å². The number of ether oxygens (including phenoxy) is 2. The van der Waals surface area contributed by atoms with Gasteiger partial charge in [0.05, 0.1) is 12.0 Å². The molecule has 11 heteroatoms. The van der Waals surface area contributed by atoms with Crippen LogP contribution in [0.3, 0.4) is 0 Å². The Balaban J connectivity index is 1.70.